The van der Waals surface area contributed by atoms with Gasteiger partial charge in [0.15, 0.2) is 5.78 Å². The molecule has 0 atom stereocenters. The Labute approximate surface area is 75.0 Å². The molecular weight excluding hydrogens is 178 g/mol. The van der Waals surface area contributed by atoms with Crippen LogP contribution in [0, 0.1) is 0 Å². The lowest BCUT2D eigenvalue weighted by molar-refractivity contribution is 0.0980. The molecule has 4 heteroatoms. The number of pyridine rings is 1. The van der Waals surface area contributed by atoms with E-state index in [1.165, 1.54) is 12.3 Å². The van der Waals surface area contributed by atoms with Crippen LogP contribution in [-0.4, -0.2) is 15.9 Å². The van der Waals surface area contributed by atoms with E-state index in [4.69, 9.17) is 11.6 Å². The molecule has 0 saturated carbocycles. The number of carbonyl (C=O) groups excluding carboxylic acids is 1. The van der Waals surface area contributed by atoms with Crippen molar-refractivity contribution in [1.29, 1.82) is 0 Å². The summed E-state index contributed by atoms with van der Waals surface area (Å²) in [5, 5.41) is 9.54. The van der Waals surface area contributed by atoms with Crippen LogP contribution in [0.4, 0.5) is 0 Å². The minimum Gasteiger partial charge on any atom is -0.505 e. The highest BCUT2D eigenvalue weighted by Crippen LogP contribution is 2.19. The van der Waals surface area contributed by atoms with Gasteiger partial charge in [0, 0.05) is 18.7 Å². The molecule has 1 N–H and O–H groups in total. The molecule has 0 aromatic carbocycles. The molecule has 0 aliphatic heterocycles. The van der Waals surface area contributed by atoms with E-state index in [0.29, 0.717) is 11.4 Å². The molecule has 64 valence electrons. The van der Waals surface area contributed by atoms with Gasteiger partial charge >= 0.3 is 0 Å². The highest BCUT2D eigenvalue weighted by Gasteiger charge is 2.10. The zero-order valence-corrected chi connectivity index (χ0v) is 7.30. The maximum Gasteiger partial charge on any atom is 0.184 e. The number of aromatic nitrogens is 1. The molecule has 0 amide bonds. The number of carbonyl (C=O) groups is 1. The lowest BCUT2D eigenvalue weighted by Crippen LogP contribution is -1.99. The van der Waals surface area contributed by atoms with E-state index in [0.717, 1.165) is 0 Å². The lowest BCUT2D eigenvalue weighted by Gasteiger charge is -1.99. The molecule has 1 aromatic rings. The molecule has 0 fully saturated rings. The summed E-state index contributed by atoms with van der Waals surface area (Å²) in [4.78, 5) is 14.8. The Bertz CT molecular complexity index is 312. The second kappa shape index (κ2) is 3.54. The number of rotatable bonds is 2. The van der Waals surface area contributed by atoms with E-state index < -0.39 is 0 Å². The predicted molar refractivity (Wildman–Crippen MR) is 45.5 cm³/mol. The van der Waals surface area contributed by atoms with Gasteiger partial charge in [-0.1, -0.05) is 18.5 Å². The number of hydrogen-bond donors (Lipinski definition) is 1. The number of hydrogen-bond acceptors (Lipinski definition) is 3. The molecule has 0 bridgehead atoms. The van der Waals surface area contributed by atoms with E-state index in [9.17, 15) is 9.90 Å². The lowest BCUT2D eigenvalue weighted by atomic mass is 10.2. The van der Waals surface area contributed by atoms with Crippen LogP contribution in [0.25, 0.3) is 0 Å². The number of Topliss-reactive ketones (excluding diaryl/α,β-unsaturated/α-hetero) is 1. The first-order valence-electron chi connectivity index (χ1n) is 3.53. The van der Waals surface area contributed by atoms with Crippen LogP contribution < -0.4 is 0 Å². The third-order valence-corrected chi connectivity index (χ3v) is 1.63. The second-order valence-electron chi connectivity index (χ2n) is 2.30. The topological polar surface area (TPSA) is 50.2 Å². The van der Waals surface area contributed by atoms with Gasteiger partial charge in [-0.15, -0.1) is 0 Å². The van der Waals surface area contributed by atoms with E-state index in [-0.39, 0.29) is 17.2 Å². The zero-order chi connectivity index (χ0) is 9.14. The second-order valence-corrected chi connectivity index (χ2v) is 2.73. The molecule has 0 aliphatic rings. The number of ketones is 1. The third kappa shape index (κ3) is 1.74. The monoisotopic (exact) mass is 185 g/mol. The largest absolute Gasteiger partial charge is 0.505 e. The molecule has 0 radical (unpaired) electrons. The van der Waals surface area contributed by atoms with Crippen molar-refractivity contribution < 1.29 is 9.90 Å². The van der Waals surface area contributed by atoms with Gasteiger partial charge in [-0.3, -0.25) is 4.79 Å². The van der Waals surface area contributed by atoms with Crippen LogP contribution in [0.15, 0.2) is 12.3 Å². The van der Waals surface area contributed by atoms with Crippen LogP contribution in [0.1, 0.15) is 23.8 Å². The van der Waals surface area contributed by atoms with E-state index >= 15 is 0 Å². The first-order chi connectivity index (χ1) is 5.65. The summed E-state index contributed by atoms with van der Waals surface area (Å²) in [6, 6.07) is 1.30. The number of nitrogens with zero attached hydrogens (tertiary/aromatic N) is 1. The quantitative estimate of drug-likeness (QED) is 0.718. The summed E-state index contributed by atoms with van der Waals surface area (Å²) in [6.07, 6.45) is 1.66. The van der Waals surface area contributed by atoms with Gasteiger partial charge in [0.1, 0.15) is 11.4 Å². The molecule has 1 heterocycles. The summed E-state index contributed by atoms with van der Waals surface area (Å²) in [5.74, 6) is -0.349. The Kier molecular flexibility index (Phi) is 2.65. The van der Waals surface area contributed by atoms with Crippen molar-refractivity contribution in [3.8, 4) is 5.75 Å². The summed E-state index contributed by atoms with van der Waals surface area (Å²) in [5.41, 5.74) is 0.0851. The van der Waals surface area contributed by atoms with Crippen LogP contribution >= 0.6 is 11.6 Å². The Balaban J connectivity index is 3.09. The molecule has 0 saturated heterocycles. The minimum atomic E-state index is -0.191. The van der Waals surface area contributed by atoms with Crippen molar-refractivity contribution in [2.75, 3.05) is 0 Å². The summed E-state index contributed by atoms with van der Waals surface area (Å²) < 4.78 is 0. The van der Waals surface area contributed by atoms with Crippen LogP contribution in [0.3, 0.4) is 0 Å². The summed E-state index contributed by atoms with van der Waals surface area (Å²) >= 11 is 5.53. The predicted octanol–water partition coefficient (Wildman–Crippen LogP) is 2.03. The smallest absolute Gasteiger partial charge is 0.184 e. The summed E-state index contributed by atoms with van der Waals surface area (Å²) in [7, 11) is 0. The van der Waals surface area contributed by atoms with Crippen molar-refractivity contribution in [2.24, 2.45) is 0 Å². The molecule has 3 nitrogen and oxygen atoms in total. The highest BCUT2D eigenvalue weighted by molar-refractivity contribution is 6.30. The van der Waals surface area contributed by atoms with Gasteiger partial charge in [-0.05, 0) is 0 Å². The SMILES string of the molecule is CCC(=O)c1ncc(Cl)cc1O. The fourth-order valence-corrected chi connectivity index (χ4v) is 0.963. The standard InChI is InChI=1S/C8H8ClNO2/c1-2-6(11)8-7(12)3-5(9)4-10-8/h3-4,12H,2H2,1H3. The van der Waals surface area contributed by atoms with Crippen molar-refractivity contribution in [2.45, 2.75) is 13.3 Å². The Morgan fingerprint density at radius 1 is 1.75 bits per heavy atom. The molecule has 1 rings (SSSR count). The van der Waals surface area contributed by atoms with Gasteiger partial charge in [0.05, 0.1) is 5.02 Å². The molecule has 1 aromatic heterocycles. The zero-order valence-electron chi connectivity index (χ0n) is 6.54. The van der Waals surface area contributed by atoms with Gasteiger partial charge < -0.3 is 5.11 Å². The molecule has 0 aliphatic carbocycles. The normalized spacial score (nSPS) is 9.83. The average Bonchev–Trinajstić information content (AvgIpc) is 2.03. The van der Waals surface area contributed by atoms with Gasteiger partial charge in [0.2, 0.25) is 0 Å². The van der Waals surface area contributed by atoms with Crippen LogP contribution in [0.5, 0.6) is 5.75 Å². The Morgan fingerprint density at radius 2 is 2.42 bits per heavy atom. The maximum atomic E-state index is 11.1. The fourth-order valence-electron chi connectivity index (χ4n) is 0.811. The third-order valence-electron chi connectivity index (χ3n) is 1.42. The van der Waals surface area contributed by atoms with Crippen molar-refractivity contribution in [3.63, 3.8) is 0 Å². The molecule has 12 heavy (non-hydrogen) atoms. The minimum absolute atomic E-state index is 0.0851. The van der Waals surface area contributed by atoms with Crippen molar-refractivity contribution >= 4 is 17.4 Å². The molecule has 0 unspecified atom stereocenters. The summed E-state index contributed by atoms with van der Waals surface area (Å²) in [6.45, 7) is 1.71. The Morgan fingerprint density at radius 3 is 2.92 bits per heavy atom. The fraction of sp³-hybridized carbons (Fsp3) is 0.250. The molecule has 0 spiro atoms. The van der Waals surface area contributed by atoms with E-state index in [2.05, 4.69) is 4.98 Å². The van der Waals surface area contributed by atoms with Gasteiger partial charge in [-0.2, -0.15) is 0 Å². The Hall–Kier alpha value is -1.09. The first-order valence-corrected chi connectivity index (χ1v) is 3.90. The van der Waals surface area contributed by atoms with Crippen molar-refractivity contribution in [1.82, 2.24) is 4.98 Å². The van der Waals surface area contributed by atoms with Gasteiger partial charge in [0.25, 0.3) is 0 Å². The number of aromatic hydroxyl groups is 1. The average molecular weight is 186 g/mol. The first kappa shape index (κ1) is 9.00. The van der Waals surface area contributed by atoms with Crippen LogP contribution in [-0.2, 0) is 0 Å². The highest BCUT2D eigenvalue weighted by atomic mass is 35.5. The van der Waals surface area contributed by atoms with E-state index in [1.807, 2.05) is 0 Å². The van der Waals surface area contributed by atoms with Crippen molar-refractivity contribution in [3.05, 3.63) is 23.0 Å². The number of halogens is 1. The van der Waals surface area contributed by atoms with Gasteiger partial charge in [-0.25, -0.2) is 4.98 Å². The molecular formula is C8H8ClNO2. The maximum absolute atomic E-state index is 11.1. The van der Waals surface area contributed by atoms with E-state index in [1.54, 1.807) is 6.92 Å². The van der Waals surface area contributed by atoms with Crippen LogP contribution in [0.2, 0.25) is 5.02 Å².